The van der Waals surface area contributed by atoms with Gasteiger partial charge in [0.15, 0.2) is 0 Å². The molecule has 4 rings (SSSR count). The van der Waals surface area contributed by atoms with Gasteiger partial charge in [-0.1, -0.05) is 35.5 Å². The molecular weight excluding hydrogens is 308 g/mol. The van der Waals surface area contributed by atoms with Gasteiger partial charge >= 0.3 is 0 Å². The third kappa shape index (κ3) is 2.50. The molecule has 0 aliphatic carbocycles. The topological polar surface area (TPSA) is 92.1 Å². The summed E-state index contributed by atoms with van der Waals surface area (Å²) in [6.07, 6.45) is 1.50. The quantitative estimate of drug-likeness (QED) is 0.792. The maximum absolute atomic E-state index is 12.3. The Hall–Kier alpha value is -3.22. The normalized spacial score (nSPS) is 14.4. The van der Waals surface area contributed by atoms with Gasteiger partial charge < -0.3 is 14.4 Å². The molecule has 2 aromatic heterocycles. The summed E-state index contributed by atoms with van der Waals surface area (Å²) in [7, 11) is 0. The van der Waals surface area contributed by atoms with Crippen LogP contribution in [0.4, 0.5) is 0 Å². The van der Waals surface area contributed by atoms with Gasteiger partial charge in [0.05, 0.1) is 5.92 Å². The van der Waals surface area contributed by atoms with Crippen molar-refractivity contribution in [3.63, 3.8) is 0 Å². The molecule has 1 saturated heterocycles. The fourth-order valence-corrected chi connectivity index (χ4v) is 2.67. The van der Waals surface area contributed by atoms with E-state index in [2.05, 4.69) is 15.1 Å². The molecule has 0 atom stereocenters. The van der Waals surface area contributed by atoms with Crippen LogP contribution in [0.15, 0.2) is 58.0 Å². The van der Waals surface area contributed by atoms with Gasteiger partial charge in [0.2, 0.25) is 11.7 Å². The molecule has 1 aliphatic heterocycles. The Labute approximate surface area is 136 Å². The van der Waals surface area contributed by atoms with E-state index in [0.717, 1.165) is 5.56 Å². The molecular formula is C17H14N4O3. The van der Waals surface area contributed by atoms with E-state index in [-0.39, 0.29) is 22.9 Å². The van der Waals surface area contributed by atoms with Crippen molar-refractivity contribution in [2.24, 2.45) is 0 Å². The smallest absolute Gasteiger partial charge is 0.260 e. The molecule has 1 aliphatic rings. The van der Waals surface area contributed by atoms with Crippen LogP contribution >= 0.6 is 0 Å². The van der Waals surface area contributed by atoms with E-state index in [1.165, 1.54) is 12.3 Å². The van der Waals surface area contributed by atoms with E-state index in [1.807, 2.05) is 30.3 Å². The summed E-state index contributed by atoms with van der Waals surface area (Å²) >= 11 is 0. The molecule has 0 bridgehead atoms. The van der Waals surface area contributed by atoms with E-state index in [0.29, 0.717) is 24.8 Å². The van der Waals surface area contributed by atoms with E-state index < -0.39 is 0 Å². The number of nitrogens with zero attached hydrogens (tertiary/aromatic N) is 3. The lowest BCUT2D eigenvalue weighted by Crippen LogP contribution is -2.49. The summed E-state index contributed by atoms with van der Waals surface area (Å²) in [5, 5.41) is 3.99. The lowest BCUT2D eigenvalue weighted by Gasteiger charge is -2.36. The molecule has 7 heteroatoms. The molecule has 1 N–H and O–H groups in total. The Balaban J connectivity index is 1.45. The minimum absolute atomic E-state index is 0.00158. The first-order valence-electron chi connectivity index (χ1n) is 7.58. The number of hydrogen-bond acceptors (Lipinski definition) is 5. The number of aromatic amines is 1. The van der Waals surface area contributed by atoms with Gasteiger partial charge in [-0.05, 0) is 12.1 Å². The predicted octanol–water partition coefficient (Wildman–Crippen LogP) is 1.66. The second kappa shape index (κ2) is 5.77. The molecule has 3 aromatic rings. The number of amides is 1. The van der Waals surface area contributed by atoms with Crippen LogP contribution in [-0.4, -0.2) is 39.0 Å². The first kappa shape index (κ1) is 14.4. The van der Waals surface area contributed by atoms with Gasteiger partial charge in [0, 0.05) is 24.8 Å². The van der Waals surface area contributed by atoms with Gasteiger partial charge in [0.25, 0.3) is 11.5 Å². The van der Waals surface area contributed by atoms with Gasteiger partial charge in [-0.2, -0.15) is 4.98 Å². The first-order chi connectivity index (χ1) is 11.7. The molecule has 1 fully saturated rings. The molecule has 1 amide bonds. The van der Waals surface area contributed by atoms with Crippen molar-refractivity contribution in [2.75, 3.05) is 13.1 Å². The number of hydrogen-bond donors (Lipinski definition) is 1. The summed E-state index contributed by atoms with van der Waals surface area (Å²) in [5.41, 5.74) is 0.650. The molecule has 7 nitrogen and oxygen atoms in total. The number of benzene rings is 1. The van der Waals surface area contributed by atoms with Crippen LogP contribution in [0.5, 0.6) is 0 Å². The number of rotatable bonds is 3. The Kier molecular flexibility index (Phi) is 3.45. The van der Waals surface area contributed by atoms with Crippen molar-refractivity contribution in [3.8, 4) is 11.4 Å². The standard InChI is InChI=1S/C17H14N4O3/c22-15-13(7-4-8-18-15)17(23)21-9-12(10-21)16-19-14(20-24-16)11-5-2-1-3-6-11/h1-8,12H,9-10H2,(H,18,22). The zero-order valence-electron chi connectivity index (χ0n) is 12.7. The number of likely N-dealkylation sites (tertiary alicyclic amines) is 1. The molecule has 24 heavy (non-hydrogen) atoms. The van der Waals surface area contributed by atoms with Crippen LogP contribution in [0.2, 0.25) is 0 Å². The number of carbonyl (C=O) groups is 1. The maximum atomic E-state index is 12.3. The SMILES string of the molecule is O=C(c1ccc[nH]c1=O)N1CC(c2nc(-c3ccccc3)no2)C1. The fraction of sp³-hybridized carbons (Fsp3) is 0.176. The van der Waals surface area contributed by atoms with Crippen LogP contribution < -0.4 is 5.56 Å². The van der Waals surface area contributed by atoms with E-state index in [9.17, 15) is 9.59 Å². The largest absolute Gasteiger partial charge is 0.339 e. The van der Waals surface area contributed by atoms with Crippen molar-refractivity contribution in [3.05, 3.63) is 70.5 Å². The Morgan fingerprint density at radius 3 is 2.71 bits per heavy atom. The highest BCUT2D eigenvalue weighted by Gasteiger charge is 2.36. The number of pyridine rings is 1. The molecule has 1 aromatic carbocycles. The van der Waals surface area contributed by atoms with Crippen molar-refractivity contribution < 1.29 is 9.32 Å². The van der Waals surface area contributed by atoms with Crippen LogP contribution in [0.25, 0.3) is 11.4 Å². The summed E-state index contributed by atoms with van der Waals surface area (Å²) in [6, 6.07) is 12.7. The van der Waals surface area contributed by atoms with Crippen molar-refractivity contribution >= 4 is 5.91 Å². The summed E-state index contributed by atoms with van der Waals surface area (Å²) in [4.78, 5) is 32.5. The Morgan fingerprint density at radius 1 is 1.17 bits per heavy atom. The zero-order valence-corrected chi connectivity index (χ0v) is 12.7. The second-order valence-corrected chi connectivity index (χ2v) is 5.64. The lowest BCUT2D eigenvalue weighted by molar-refractivity contribution is 0.0567. The van der Waals surface area contributed by atoms with Gasteiger partial charge in [-0.15, -0.1) is 0 Å². The summed E-state index contributed by atoms with van der Waals surface area (Å²) < 4.78 is 5.31. The fourth-order valence-electron chi connectivity index (χ4n) is 2.67. The van der Waals surface area contributed by atoms with Crippen molar-refractivity contribution in [1.29, 1.82) is 0 Å². The van der Waals surface area contributed by atoms with Gasteiger partial charge in [-0.3, -0.25) is 9.59 Å². The van der Waals surface area contributed by atoms with E-state index in [1.54, 1.807) is 11.0 Å². The molecule has 0 radical (unpaired) electrons. The van der Waals surface area contributed by atoms with E-state index in [4.69, 9.17) is 4.52 Å². The third-order valence-electron chi connectivity index (χ3n) is 4.04. The highest BCUT2D eigenvalue weighted by molar-refractivity contribution is 5.94. The number of nitrogens with one attached hydrogen (secondary N) is 1. The first-order valence-corrected chi connectivity index (χ1v) is 7.58. The third-order valence-corrected chi connectivity index (χ3v) is 4.04. The maximum Gasteiger partial charge on any atom is 0.260 e. The highest BCUT2D eigenvalue weighted by atomic mass is 16.5. The Morgan fingerprint density at radius 2 is 1.96 bits per heavy atom. The summed E-state index contributed by atoms with van der Waals surface area (Å²) in [6.45, 7) is 0.924. The zero-order chi connectivity index (χ0) is 16.5. The lowest BCUT2D eigenvalue weighted by atomic mass is 9.99. The molecule has 0 saturated carbocycles. The summed E-state index contributed by atoms with van der Waals surface area (Å²) in [5.74, 6) is 0.771. The van der Waals surface area contributed by atoms with Gasteiger partial charge in [0.1, 0.15) is 5.56 Å². The minimum atomic E-state index is -0.380. The number of aromatic nitrogens is 3. The molecule has 0 spiro atoms. The van der Waals surface area contributed by atoms with Crippen molar-refractivity contribution in [1.82, 2.24) is 20.0 Å². The van der Waals surface area contributed by atoms with Crippen LogP contribution in [0.1, 0.15) is 22.2 Å². The minimum Gasteiger partial charge on any atom is -0.339 e. The Bertz CT molecular complexity index is 926. The molecule has 3 heterocycles. The average Bonchev–Trinajstić information content (AvgIpc) is 3.04. The van der Waals surface area contributed by atoms with Crippen LogP contribution in [0, 0.1) is 0 Å². The van der Waals surface area contributed by atoms with Crippen molar-refractivity contribution in [2.45, 2.75) is 5.92 Å². The predicted molar refractivity (Wildman–Crippen MR) is 85.4 cm³/mol. The van der Waals surface area contributed by atoms with Crippen LogP contribution in [-0.2, 0) is 0 Å². The van der Waals surface area contributed by atoms with Crippen LogP contribution in [0.3, 0.4) is 0 Å². The molecule has 120 valence electrons. The molecule has 0 unspecified atom stereocenters. The highest BCUT2D eigenvalue weighted by Crippen LogP contribution is 2.28. The second-order valence-electron chi connectivity index (χ2n) is 5.64. The number of H-pyrrole nitrogens is 1. The van der Waals surface area contributed by atoms with E-state index >= 15 is 0 Å². The van der Waals surface area contributed by atoms with Gasteiger partial charge in [-0.25, -0.2) is 0 Å². The average molecular weight is 322 g/mol. The monoisotopic (exact) mass is 322 g/mol. The number of carbonyl (C=O) groups excluding carboxylic acids is 1.